The van der Waals surface area contributed by atoms with Gasteiger partial charge >= 0.3 is 17.6 Å². The van der Waals surface area contributed by atoms with Crippen molar-refractivity contribution in [3.05, 3.63) is 68.7 Å². The van der Waals surface area contributed by atoms with E-state index >= 15 is 0 Å². The van der Waals surface area contributed by atoms with Crippen molar-refractivity contribution in [1.29, 1.82) is 0 Å². The number of piperidine rings is 1. The van der Waals surface area contributed by atoms with Crippen molar-refractivity contribution in [3.63, 3.8) is 0 Å². The van der Waals surface area contributed by atoms with Crippen molar-refractivity contribution in [2.45, 2.75) is 25.3 Å². The lowest BCUT2D eigenvalue weighted by molar-refractivity contribution is -0.385. The lowest BCUT2D eigenvalue weighted by atomic mass is 10.0. The van der Waals surface area contributed by atoms with Gasteiger partial charge in [-0.15, -0.1) is 13.2 Å². The van der Waals surface area contributed by atoms with Crippen LogP contribution in [-0.4, -0.2) is 35.0 Å². The standard InChI is InChI=1S/C22H19F4N3O5/c1-27-18-7-2-13(23)12-17(18)19(20(21(27)30)29(31)32)28-10-8-15(9-11-28)33-14-3-5-16(6-4-14)34-22(24,25)26/h2-7,12,15H,8-11H2,1H3. The third-order valence-electron chi connectivity index (χ3n) is 5.61. The van der Waals surface area contributed by atoms with E-state index in [1.807, 2.05) is 0 Å². The van der Waals surface area contributed by atoms with Gasteiger partial charge in [0.15, 0.2) is 0 Å². The molecule has 0 aliphatic carbocycles. The number of anilines is 1. The Morgan fingerprint density at radius 1 is 1.06 bits per heavy atom. The molecule has 1 fully saturated rings. The van der Waals surface area contributed by atoms with Crippen molar-refractivity contribution in [2.75, 3.05) is 18.0 Å². The van der Waals surface area contributed by atoms with Crippen LogP contribution < -0.4 is 19.9 Å². The van der Waals surface area contributed by atoms with Gasteiger partial charge < -0.3 is 18.9 Å². The molecule has 0 unspecified atom stereocenters. The summed E-state index contributed by atoms with van der Waals surface area (Å²) in [4.78, 5) is 25.4. The first-order valence-electron chi connectivity index (χ1n) is 10.3. The van der Waals surface area contributed by atoms with Crippen LogP contribution in [0.5, 0.6) is 11.5 Å². The summed E-state index contributed by atoms with van der Waals surface area (Å²) in [5, 5.41) is 12.0. The van der Waals surface area contributed by atoms with Gasteiger partial charge in [0.1, 0.15) is 29.1 Å². The summed E-state index contributed by atoms with van der Waals surface area (Å²) >= 11 is 0. The summed E-state index contributed by atoms with van der Waals surface area (Å²) in [6, 6.07) is 8.75. The zero-order valence-electron chi connectivity index (χ0n) is 17.8. The molecule has 8 nitrogen and oxygen atoms in total. The SMILES string of the molecule is Cn1c(=O)c([N+](=O)[O-])c(N2CCC(Oc3ccc(OC(F)(F)F)cc3)CC2)c2cc(F)ccc21. The maximum atomic E-state index is 14.0. The van der Waals surface area contributed by atoms with E-state index in [9.17, 15) is 32.5 Å². The second-order valence-electron chi connectivity index (χ2n) is 7.80. The summed E-state index contributed by atoms with van der Waals surface area (Å²) in [6.07, 6.45) is -4.25. The van der Waals surface area contributed by atoms with Crippen molar-refractivity contribution in [3.8, 4) is 11.5 Å². The number of hydrogen-bond donors (Lipinski definition) is 0. The Morgan fingerprint density at radius 3 is 2.26 bits per heavy atom. The molecule has 0 radical (unpaired) electrons. The van der Waals surface area contributed by atoms with E-state index in [0.717, 1.165) is 16.7 Å². The molecule has 12 heteroatoms. The molecule has 1 saturated heterocycles. The predicted molar refractivity (Wildman–Crippen MR) is 115 cm³/mol. The Hall–Kier alpha value is -3.83. The van der Waals surface area contributed by atoms with Crippen molar-refractivity contribution in [1.82, 2.24) is 4.57 Å². The van der Waals surface area contributed by atoms with Gasteiger partial charge in [-0.2, -0.15) is 0 Å². The van der Waals surface area contributed by atoms with Crippen LogP contribution in [0.15, 0.2) is 47.3 Å². The summed E-state index contributed by atoms with van der Waals surface area (Å²) in [7, 11) is 1.39. The average Bonchev–Trinajstić information content (AvgIpc) is 2.77. The van der Waals surface area contributed by atoms with Gasteiger partial charge in [-0.3, -0.25) is 14.9 Å². The Balaban J connectivity index is 1.54. The lowest BCUT2D eigenvalue weighted by Gasteiger charge is -2.34. The van der Waals surface area contributed by atoms with Crippen LogP contribution in [-0.2, 0) is 7.05 Å². The lowest BCUT2D eigenvalue weighted by Crippen LogP contribution is -2.39. The highest BCUT2D eigenvalue weighted by Crippen LogP contribution is 2.36. The molecule has 0 bridgehead atoms. The van der Waals surface area contributed by atoms with Gasteiger partial charge in [0.25, 0.3) is 0 Å². The average molecular weight is 481 g/mol. The molecular formula is C22H19F4N3O5. The topological polar surface area (TPSA) is 86.8 Å². The molecule has 1 aromatic heterocycles. The van der Waals surface area contributed by atoms with Crippen molar-refractivity contribution < 1.29 is 32.0 Å². The van der Waals surface area contributed by atoms with E-state index in [-0.39, 0.29) is 22.9 Å². The number of halogens is 4. The minimum atomic E-state index is -4.79. The van der Waals surface area contributed by atoms with Crippen LogP contribution >= 0.6 is 0 Å². The molecule has 34 heavy (non-hydrogen) atoms. The third-order valence-corrected chi connectivity index (χ3v) is 5.61. The molecule has 0 spiro atoms. The van der Waals surface area contributed by atoms with E-state index in [1.165, 1.54) is 37.4 Å². The number of pyridine rings is 1. The number of aromatic nitrogens is 1. The quantitative estimate of drug-likeness (QED) is 0.302. The number of aryl methyl sites for hydroxylation is 1. The minimum Gasteiger partial charge on any atom is -0.490 e. The van der Waals surface area contributed by atoms with Gasteiger partial charge in [0.2, 0.25) is 0 Å². The van der Waals surface area contributed by atoms with Crippen LogP contribution in [0.4, 0.5) is 28.9 Å². The molecule has 0 saturated carbocycles. The maximum absolute atomic E-state index is 14.0. The monoisotopic (exact) mass is 481 g/mol. The van der Waals surface area contributed by atoms with E-state index in [0.29, 0.717) is 37.2 Å². The number of rotatable bonds is 5. The van der Waals surface area contributed by atoms with Crippen LogP contribution in [0, 0.1) is 15.9 Å². The second-order valence-corrected chi connectivity index (χ2v) is 7.80. The number of fused-ring (bicyclic) bond motifs is 1. The molecule has 1 aliphatic heterocycles. The number of benzene rings is 2. The molecule has 1 aliphatic rings. The van der Waals surface area contributed by atoms with Crippen molar-refractivity contribution in [2.24, 2.45) is 7.05 Å². The molecule has 3 aromatic rings. The largest absolute Gasteiger partial charge is 0.573 e. The van der Waals surface area contributed by atoms with Crippen LogP contribution in [0.1, 0.15) is 12.8 Å². The highest BCUT2D eigenvalue weighted by molar-refractivity contribution is 5.96. The molecule has 2 aromatic carbocycles. The summed E-state index contributed by atoms with van der Waals surface area (Å²) in [6.45, 7) is 0.582. The molecule has 0 amide bonds. The zero-order valence-corrected chi connectivity index (χ0v) is 17.8. The van der Waals surface area contributed by atoms with Gasteiger partial charge in [-0.05, 0) is 42.5 Å². The van der Waals surface area contributed by atoms with Crippen molar-refractivity contribution >= 4 is 22.3 Å². The van der Waals surface area contributed by atoms with Gasteiger partial charge in [0.05, 0.1) is 10.4 Å². The van der Waals surface area contributed by atoms with Gasteiger partial charge in [0, 0.05) is 38.4 Å². The molecular weight excluding hydrogens is 462 g/mol. The minimum absolute atomic E-state index is 0.0645. The van der Waals surface area contributed by atoms with E-state index in [4.69, 9.17) is 4.74 Å². The number of ether oxygens (including phenoxy) is 2. The fraction of sp³-hybridized carbons (Fsp3) is 0.318. The van der Waals surface area contributed by atoms with Crippen LogP contribution in [0.3, 0.4) is 0 Å². The first-order chi connectivity index (χ1) is 16.0. The Morgan fingerprint density at radius 2 is 1.68 bits per heavy atom. The first-order valence-corrected chi connectivity index (χ1v) is 10.3. The summed E-state index contributed by atoms with van der Waals surface area (Å²) in [5.74, 6) is -0.607. The maximum Gasteiger partial charge on any atom is 0.573 e. The Bertz CT molecular complexity index is 1280. The fourth-order valence-electron chi connectivity index (χ4n) is 4.08. The summed E-state index contributed by atoms with van der Waals surface area (Å²) in [5.41, 5.74) is -0.986. The van der Waals surface area contributed by atoms with Gasteiger partial charge in [-0.25, -0.2) is 4.39 Å². The van der Waals surface area contributed by atoms with E-state index in [1.54, 1.807) is 4.90 Å². The predicted octanol–water partition coefficient (Wildman–Crippen LogP) is 4.53. The summed E-state index contributed by atoms with van der Waals surface area (Å²) < 4.78 is 61.7. The van der Waals surface area contributed by atoms with E-state index in [2.05, 4.69) is 4.74 Å². The molecule has 2 heterocycles. The molecule has 4 rings (SSSR count). The number of nitro groups is 1. The van der Waals surface area contributed by atoms with E-state index < -0.39 is 28.3 Å². The Kier molecular flexibility index (Phi) is 6.07. The zero-order chi connectivity index (χ0) is 24.6. The molecule has 0 N–H and O–H groups in total. The smallest absolute Gasteiger partial charge is 0.490 e. The number of nitrogens with zero attached hydrogens (tertiary/aromatic N) is 3. The van der Waals surface area contributed by atoms with Crippen LogP contribution in [0.2, 0.25) is 0 Å². The first kappa shape index (κ1) is 23.3. The van der Waals surface area contributed by atoms with Gasteiger partial charge in [-0.1, -0.05) is 0 Å². The normalized spacial score (nSPS) is 14.9. The second kappa shape index (κ2) is 8.84. The fourth-order valence-corrected chi connectivity index (χ4v) is 4.08. The highest BCUT2D eigenvalue weighted by atomic mass is 19.4. The number of hydrogen-bond acceptors (Lipinski definition) is 6. The highest BCUT2D eigenvalue weighted by Gasteiger charge is 2.32. The molecule has 0 atom stereocenters. The molecule has 180 valence electrons. The third kappa shape index (κ3) is 4.75. The Labute approximate surface area is 190 Å². The number of alkyl halides is 3. The van der Waals surface area contributed by atoms with Crippen LogP contribution in [0.25, 0.3) is 10.9 Å².